The highest BCUT2D eigenvalue weighted by molar-refractivity contribution is 7.32. The zero-order valence-corrected chi connectivity index (χ0v) is 12.7. The van der Waals surface area contributed by atoms with E-state index in [1.165, 1.54) is 32.1 Å². The van der Waals surface area contributed by atoms with Gasteiger partial charge in [0, 0.05) is 17.4 Å². The molecule has 0 saturated carbocycles. The summed E-state index contributed by atoms with van der Waals surface area (Å²) < 4.78 is 19.6. The molecule has 0 amide bonds. The lowest BCUT2D eigenvalue weighted by Gasteiger charge is -2.03. The number of hydrogen-bond donors (Lipinski definition) is 1. The van der Waals surface area contributed by atoms with E-state index in [4.69, 9.17) is 9.63 Å². The van der Waals surface area contributed by atoms with Crippen molar-refractivity contribution in [2.75, 3.05) is 13.2 Å². The molecular weight excluding hydrogens is 267 g/mol. The minimum Gasteiger partial charge on any atom is -0.466 e. The summed E-state index contributed by atoms with van der Waals surface area (Å²) in [6.07, 6.45) is 9.13. The number of esters is 1. The van der Waals surface area contributed by atoms with Crippen LogP contribution in [-0.2, 0) is 18.6 Å². The maximum atomic E-state index is 11.3. The molecule has 0 spiro atoms. The van der Waals surface area contributed by atoms with E-state index < -0.39 is 8.25 Å². The third-order valence-corrected chi connectivity index (χ3v) is 3.14. The Hall–Kier alpha value is -0.510. The topological polar surface area (TPSA) is 72.8 Å². The fraction of sp³-hybridized carbons (Fsp3) is 0.923. The first-order valence-electron chi connectivity index (χ1n) is 7.11. The van der Waals surface area contributed by atoms with E-state index in [0.717, 1.165) is 12.8 Å². The van der Waals surface area contributed by atoms with Gasteiger partial charge in [-0.3, -0.25) is 4.79 Å². The van der Waals surface area contributed by atoms with Gasteiger partial charge in [0.1, 0.15) is 6.61 Å². The highest BCUT2D eigenvalue weighted by atomic mass is 31.1. The Kier molecular flexibility index (Phi) is 13.5. The van der Waals surface area contributed by atoms with Crippen molar-refractivity contribution in [3.05, 3.63) is 0 Å². The second-order valence-corrected chi connectivity index (χ2v) is 5.25. The molecule has 0 bridgehead atoms. The lowest BCUT2D eigenvalue weighted by Crippen LogP contribution is -2.07. The molecule has 19 heavy (non-hydrogen) atoms. The van der Waals surface area contributed by atoms with Gasteiger partial charge in [0.15, 0.2) is 0 Å². The third-order valence-electron chi connectivity index (χ3n) is 2.74. The molecular formula is C13H26O5P+. The minimum atomic E-state index is -2.54. The third kappa shape index (κ3) is 15.4. The van der Waals surface area contributed by atoms with Gasteiger partial charge in [-0.15, -0.1) is 9.42 Å². The summed E-state index contributed by atoms with van der Waals surface area (Å²) in [6, 6.07) is 0. The van der Waals surface area contributed by atoms with E-state index in [9.17, 15) is 9.36 Å². The maximum Gasteiger partial charge on any atom is 0.694 e. The van der Waals surface area contributed by atoms with Gasteiger partial charge in [-0.1, -0.05) is 45.4 Å². The van der Waals surface area contributed by atoms with Crippen molar-refractivity contribution in [1.82, 2.24) is 0 Å². The SMILES string of the molecule is CCCCCCCCCC(=O)OCCCO[P+](=O)O. The number of carbonyl (C=O) groups is 1. The van der Waals surface area contributed by atoms with Gasteiger partial charge in [-0.2, -0.15) is 0 Å². The van der Waals surface area contributed by atoms with Crippen molar-refractivity contribution < 1.29 is 23.5 Å². The molecule has 6 heteroatoms. The number of rotatable bonds is 13. The van der Waals surface area contributed by atoms with E-state index in [-0.39, 0.29) is 19.2 Å². The summed E-state index contributed by atoms with van der Waals surface area (Å²) in [5.74, 6) is -0.193. The van der Waals surface area contributed by atoms with Crippen molar-refractivity contribution in [2.24, 2.45) is 0 Å². The van der Waals surface area contributed by atoms with Crippen LogP contribution in [0.1, 0.15) is 64.7 Å². The molecule has 0 aliphatic rings. The van der Waals surface area contributed by atoms with Crippen LogP contribution in [0.15, 0.2) is 0 Å². The van der Waals surface area contributed by atoms with Crippen molar-refractivity contribution in [2.45, 2.75) is 64.7 Å². The molecule has 0 heterocycles. The minimum absolute atomic E-state index is 0.135. The fourth-order valence-corrected chi connectivity index (χ4v) is 1.97. The summed E-state index contributed by atoms with van der Waals surface area (Å²) in [4.78, 5) is 19.7. The summed E-state index contributed by atoms with van der Waals surface area (Å²) in [5.41, 5.74) is 0. The van der Waals surface area contributed by atoms with Crippen LogP contribution in [0.4, 0.5) is 0 Å². The quantitative estimate of drug-likeness (QED) is 0.318. The van der Waals surface area contributed by atoms with Gasteiger partial charge in [0.2, 0.25) is 0 Å². The number of unbranched alkanes of at least 4 members (excludes halogenated alkanes) is 6. The first-order valence-corrected chi connectivity index (χ1v) is 8.24. The molecule has 1 unspecified atom stereocenters. The van der Waals surface area contributed by atoms with Crippen LogP contribution < -0.4 is 0 Å². The lowest BCUT2D eigenvalue weighted by molar-refractivity contribution is -0.144. The summed E-state index contributed by atoms with van der Waals surface area (Å²) >= 11 is 0. The van der Waals surface area contributed by atoms with E-state index in [1.54, 1.807) is 0 Å². The van der Waals surface area contributed by atoms with E-state index in [1.807, 2.05) is 0 Å². The zero-order valence-electron chi connectivity index (χ0n) is 11.8. The number of ether oxygens (including phenoxy) is 1. The molecule has 1 N–H and O–H groups in total. The molecule has 0 aromatic rings. The monoisotopic (exact) mass is 293 g/mol. The first-order chi connectivity index (χ1) is 9.16. The molecule has 0 rings (SSSR count). The van der Waals surface area contributed by atoms with Crippen LogP contribution in [0.3, 0.4) is 0 Å². The molecule has 0 radical (unpaired) electrons. The molecule has 0 aliphatic heterocycles. The van der Waals surface area contributed by atoms with Crippen LogP contribution in [-0.4, -0.2) is 24.1 Å². The van der Waals surface area contributed by atoms with Crippen LogP contribution in [0.5, 0.6) is 0 Å². The molecule has 0 aromatic carbocycles. The summed E-state index contributed by atoms with van der Waals surface area (Å²) in [5, 5.41) is 0. The highest BCUT2D eigenvalue weighted by Gasteiger charge is 2.10. The zero-order chi connectivity index (χ0) is 14.3. The van der Waals surface area contributed by atoms with Crippen molar-refractivity contribution in [3.63, 3.8) is 0 Å². The Balaban J connectivity index is 3.19. The number of carbonyl (C=O) groups excluding carboxylic acids is 1. The molecule has 5 nitrogen and oxygen atoms in total. The molecule has 112 valence electrons. The fourth-order valence-electron chi connectivity index (χ4n) is 1.69. The molecule has 0 aromatic heterocycles. The maximum absolute atomic E-state index is 11.3. The van der Waals surface area contributed by atoms with Crippen LogP contribution >= 0.6 is 8.25 Å². The Bertz CT molecular complexity index is 245. The van der Waals surface area contributed by atoms with Gasteiger partial charge in [-0.05, 0) is 6.42 Å². The van der Waals surface area contributed by atoms with E-state index in [0.29, 0.717) is 12.8 Å². The number of hydrogen-bond acceptors (Lipinski definition) is 4. The van der Waals surface area contributed by atoms with Crippen molar-refractivity contribution >= 4 is 14.2 Å². The summed E-state index contributed by atoms with van der Waals surface area (Å²) in [7, 11) is -2.54. The van der Waals surface area contributed by atoms with Gasteiger partial charge < -0.3 is 4.74 Å². The lowest BCUT2D eigenvalue weighted by atomic mass is 10.1. The van der Waals surface area contributed by atoms with E-state index >= 15 is 0 Å². The van der Waals surface area contributed by atoms with Crippen LogP contribution in [0, 0.1) is 0 Å². The van der Waals surface area contributed by atoms with Gasteiger partial charge in [0.05, 0.1) is 6.61 Å². The van der Waals surface area contributed by atoms with Gasteiger partial charge in [0.25, 0.3) is 0 Å². The molecule has 0 saturated heterocycles. The molecule has 1 atom stereocenters. The smallest absolute Gasteiger partial charge is 0.466 e. The first kappa shape index (κ1) is 18.5. The second-order valence-electron chi connectivity index (χ2n) is 4.52. The predicted molar refractivity (Wildman–Crippen MR) is 74.0 cm³/mol. The Morgan fingerprint density at radius 3 is 2.26 bits per heavy atom. The Labute approximate surface area is 116 Å². The van der Waals surface area contributed by atoms with E-state index in [2.05, 4.69) is 11.4 Å². The largest absolute Gasteiger partial charge is 0.694 e. The predicted octanol–water partition coefficient (Wildman–Crippen LogP) is 3.73. The second kappa shape index (κ2) is 13.9. The van der Waals surface area contributed by atoms with Crippen LogP contribution in [0.25, 0.3) is 0 Å². The van der Waals surface area contributed by atoms with Crippen molar-refractivity contribution in [3.8, 4) is 0 Å². The Morgan fingerprint density at radius 1 is 1.00 bits per heavy atom. The average molecular weight is 293 g/mol. The highest BCUT2D eigenvalue weighted by Crippen LogP contribution is 2.14. The standard InChI is InChI=1S/C13H25O5P/c1-2-3-4-5-6-7-8-10-13(14)17-11-9-12-18-19(15)16/h2-12H2,1H3/p+1. The van der Waals surface area contributed by atoms with Gasteiger partial charge in [-0.25, -0.2) is 0 Å². The molecule has 0 aliphatic carbocycles. The normalized spacial score (nSPS) is 11.4. The van der Waals surface area contributed by atoms with Gasteiger partial charge >= 0.3 is 14.2 Å². The van der Waals surface area contributed by atoms with Crippen LogP contribution in [0.2, 0.25) is 0 Å². The molecule has 0 fully saturated rings. The average Bonchev–Trinajstić information content (AvgIpc) is 2.37. The Morgan fingerprint density at radius 2 is 1.63 bits per heavy atom. The van der Waals surface area contributed by atoms with Crippen molar-refractivity contribution in [1.29, 1.82) is 0 Å². The summed E-state index contributed by atoms with van der Waals surface area (Å²) in [6.45, 7) is 2.58.